The number of hydrogen-bond donors (Lipinski definition) is 0. The summed E-state index contributed by atoms with van der Waals surface area (Å²) in [4.78, 5) is 24.5. The lowest BCUT2D eigenvalue weighted by molar-refractivity contribution is 0.949. The van der Waals surface area contributed by atoms with Crippen LogP contribution in [0.5, 0.6) is 0 Å². The Labute approximate surface area is 196 Å². The minimum atomic E-state index is 0.553. The first-order valence-electron chi connectivity index (χ1n) is 10.7. The molecule has 3 aliphatic carbocycles. The molecule has 3 saturated carbocycles. The van der Waals surface area contributed by atoms with Crippen LogP contribution >= 0.6 is 27.5 Å². The van der Waals surface area contributed by atoms with Crippen molar-refractivity contribution < 1.29 is 0 Å². The normalized spacial score (nSPS) is 17.2. The van der Waals surface area contributed by atoms with Crippen LogP contribution in [0.25, 0.3) is 0 Å². The molecule has 0 aliphatic heterocycles. The molecule has 3 aromatic rings. The van der Waals surface area contributed by atoms with E-state index >= 15 is 0 Å². The smallest absolute Gasteiger partial charge is 0.132 e. The number of nitrogens with zero attached hydrogens (tertiary/aromatic N) is 6. The zero-order chi connectivity index (χ0) is 21.8. The molecule has 0 atom stereocenters. The van der Waals surface area contributed by atoms with Crippen LogP contribution in [0.1, 0.15) is 84.7 Å². The average Bonchev–Trinajstić information content (AvgIpc) is 3.63. The highest BCUT2D eigenvalue weighted by atomic mass is 79.9. The molecule has 3 aliphatic rings. The van der Waals surface area contributed by atoms with Crippen LogP contribution in [0, 0.1) is 13.8 Å². The zero-order valence-corrected chi connectivity index (χ0v) is 20.1. The maximum atomic E-state index is 5.67. The molecule has 6 rings (SSSR count). The molecular formula is C23H26BrClN6. The molecule has 0 saturated heterocycles. The number of halogens is 2. The fourth-order valence-electron chi connectivity index (χ4n) is 3.14. The summed E-state index contributed by atoms with van der Waals surface area (Å²) in [5.74, 6) is 2.12. The summed E-state index contributed by atoms with van der Waals surface area (Å²) >= 11 is 9.16. The van der Waals surface area contributed by atoms with Crippen LogP contribution in [0.4, 0.5) is 0 Å². The van der Waals surface area contributed by atoms with Gasteiger partial charge in [0.2, 0.25) is 0 Å². The molecule has 0 spiro atoms. The van der Waals surface area contributed by atoms with Crippen LogP contribution in [-0.4, -0.2) is 29.9 Å². The van der Waals surface area contributed by atoms with Crippen LogP contribution in [-0.2, 0) is 0 Å². The first-order valence-corrected chi connectivity index (χ1v) is 11.9. The van der Waals surface area contributed by atoms with Crippen LogP contribution < -0.4 is 0 Å². The largest absolute Gasteiger partial charge is 0.242 e. The Morgan fingerprint density at radius 1 is 0.710 bits per heavy atom. The molecule has 162 valence electrons. The molecule has 0 bridgehead atoms. The third-order valence-corrected chi connectivity index (χ3v) is 6.61. The summed E-state index contributed by atoms with van der Waals surface area (Å²) in [6.07, 6.45) is 12.5. The van der Waals surface area contributed by atoms with E-state index in [1.807, 2.05) is 19.9 Å². The van der Waals surface area contributed by atoms with Gasteiger partial charge in [-0.25, -0.2) is 29.9 Å². The van der Waals surface area contributed by atoms with Gasteiger partial charge in [0.1, 0.15) is 24.1 Å². The second-order valence-corrected chi connectivity index (χ2v) is 9.51. The van der Waals surface area contributed by atoms with Gasteiger partial charge in [0.15, 0.2) is 0 Å². The Kier molecular flexibility index (Phi) is 7.23. The minimum absolute atomic E-state index is 0.553. The lowest BCUT2D eigenvalue weighted by atomic mass is 10.2. The fourth-order valence-corrected chi connectivity index (χ4v) is 3.83. The van der Waals surface area contributed by atoms with Gasteiger partial charge in [-0.2, -0.15) is 0 Å². The number of aromatic nitrogens is 6. The molecule has 31 heavy (non-hydrogen) atoms. The monoisotopic (exact) mass is 500 g/mol. The Hall–Kier alpha value is -1.99. The molecule has 0 N–H and O–H groups in total. The second kappa shape index (κ2) is 10.1. The van der Waals surface area contributed by atoms with Crippen LogP contribution in [0.15, 0.2) is 35.6 Å². The minimum Gasteiger partial charge on any atom is -0.242 e. The predicted molar refractivity (Wildman–Crippen MR) is 124 cm³/mol. The van der Waals surface area contributed by atoms with Gasteiger partial charge in [0, 0.05) is 34.8 Å². The Morgan fingerprint density at radius 3 is 1.81 bits per heavy atom. The maximum absolute atomic E-state index is 5.67. The van der Waals surface area contributed by atoms with Gasteiger partial charge in [-0.1, -0.05) is 11.6 Å². The number of rotatable bonds is 3. The summed E-state index contributed by atoms with van der Waals surface area (Å²) < 4.78 is 1.10. The Balaban J connectivity index is 0.000000112. The molecule has 3 fully saturated rings. The van der Waals surface area contributed by atoms with Crippen molar-refractivity contribution in [3.05, 3.63) is 69.2 Å². The van der Waals surface area contributed by atoms with Gasteiger partial charge in [-0.3, -0.25) is 0 Å². The van der Waals surface area contributed by atoms with Crippen LogP contribution in [0.2, 0.25) is 5.15 Å². The standard InChI is InChI=1S/C8H9BrN2.C8H10N2.C7H7ClN2/c1-5-7(9)8(6-2-3-6)11-4-10-5;1-6-4-8(7-2-3-7)10-5-9-6;8-7-3-6(5-1-2-5)9-4-10-7/h4,6H,2-3H2,1H3;4-5,7H,2-3H2,1H3;3-5H,1-2H2. The molecule has 3 aromatic heterocycles. The third-order valence-electron chi connectivity index (χ3n) is 5.43. The maximum Gasteiger partial charge on any atom is 0.132 e. The van der Waals surface area contributed by atoms with Gasteiger partial charge in [0.25, 0.3) is 0 Å². The van der Waals surface area contributed by atoms with E-state index in [0.717, 1.165) is 27.5 Å². The van der Waals surface area contributed by atoms with Crippen molar-refractivity contribution in [2.45, 2.75) is 70.1 Å². The highest BCUT2D eigenvalue weighted by molar-refractivity contribution is 9.10. The van der Waals surface area contributed by atoms with E-state index in [0.29, 0.717) is 17.0 Å². The van der Waals surface area contributed by atoms with Gasteiger partial charge in [-0.05, 0) is 80.4 Å². The zero-order valence-electron chi connectivity index (χ0n) is 17.8. The number of aryl methyl sites for hydroxylation is 2. The molecular weight excluding hydrogens is 476 g/mol. The van der Waals surface area contributed by atoms with E-state index in [1.54, 1.807) is 12.7 Å². The van der Waals surface area contributed by atoms with E-state index in [4.69, 9.17) is 11.6 Å². The van der Waals surface area contributed by atoms with Crippen molar-refractivity contribution in [2.24, 2.45) is 0 Å². The molecule has 3 heterocycles. The van der Waals surface area contributed by atoms with Crippen molar-refractivity contribution in [1.29, 1.82) is 0 Å². The van der Waals surface area contributed by atoms with Gasteiger partial charge in [-0.15, -0.1) is 0 Å². The van der Waals surface area contributed by atoms with Crippen molar-refractivity contribution in [2.75, 3.05) is 0 Å². The highest BCUT2D eigenvalue weighted by Gasteiger charge is 2.27. The van der Waals surface area contributed by atoms with E-state index in [9.17, 15) is 0 Å². The molecule has 6 nitrogen and oxygen atoms in total. The van der Waals surface area contributed by atoms with Crippen molar-refractivity contribution in [3.8, 4) is 0 Å². The summed E-state index contributed by atoms with van der Waals surface area (Å²) in [6, 6.07) is 3.93. The first-order chi connectivity index (χ1) is 15.0. The topological polar surface area (TPSA) is 77.3 Å². The Morgan fingerprint density at radius 2 is 1.26 bits per heavy atom. The van der Waals surface area contributed by atoms with Gasteiger partial charge >= 0.3 is 0 Å². The van der Waals surface area contributed by atoms with Crippen molar-refractivity contribution in [1.82, 2.24) is 29.9 Å². The number of hydrogen-bond acceptors (Lipinski definition) is 6. The average molecular weight is 502 g/mol. The summed E-state index contributed by atoms with van der Waals surface area (Å²) in [5.41, 5.74) is 5.64. The highest BCUT2D eigenvalue weighted by Crippen LogP contribution is 2.42. The quantitative estimate of drug-likeness (QED) is 0.404. The van der Waals surface area contributed by atoms with Crippen molar-refractivity contribution in [3.63, 3.8) is 0 Å². The SMILES string of the molecule is Cc1cc(C2CC2)ncn1.Cc1ncnc(C2CC2)c1Br.Clc1cc(C2CC2)ncn1. The summed E-state index contributed by atoms with van der Waals surface area (Å²) in [6.45, 7) is 4.01. The van der Waals surface area contributed by atoms with Gasteiger partial charge in [0.05, 0.1) is 15.9 Å². The lowest BCUT2D eigenvalue weighted by Gasteiger charge is -2.01. The first kappa shape index (κ1) is 22.2. The van der Waals surface area contributed by atoms with Gasteiger partial charge < -0.3 is 0 Å². The van der Waals surface area contributed by atoms with Crippen molar-refractivity contribution >= 4 is 27.5 Å². The Bertz CT molecular complexity index is 981. The molecule has 8 heteroatoms. The van der Waals surface area contributed by atoms with Crippen LogP contribution in [0.3, 0.4) is 0 Å². The second-order valence-electron chi connectivity index (χ2n) is 8.33. The van der Waals surface area contributed by atoms with E-state index in [2.05, 4.69) is 51.9 Å². The fraction of sp³-hybridized carbons (Fsp3) is 0.478. The lowest BCUT2D eigenvalue weighted by Crippen LogP contribution is -1.93. The third kappa shape index (κ3) is 6.74. The van der Waals surface area contributed by atoms with E-state index in [1.165, 1.54) is 56.2 Å². The molecule has 0 aromatic carbocycles. The predicted octanol–water partition coefficient (Wildman–Crippen LogP) is 6.09. The van der Waals surface area contributed by atoms with E-state index < -0.39 is 0 Å². The van der Waals surface area contributed by atoms with E-state index in [-0.39, 0.29) is 0 Å². The molecule has 0 radical (unpaired) electrons. The summed E-state index contributed by atoms with van der Waals surface area (Å²) in [5, 5.41) is 0.553. The molecule has 0 amide bonds. The molecule has 0 unspecified atom stereocenters. The summed E-state index contributed by atoms with van der Waals surface area (Å²) in [7, 11) is 0.